The Morgan fingerprint density at radius 1 is 1.15 bits per heavy atom. The van der Waals surface area contributed by atoms with Gasteiger partial charge < -0.3 is 19.7 Å². The average molecular weight is 534 g/mol. The summed E-state index contributed by atoms with van der Waals surface area (Å²) in [5, 5.41) is 2.92. The van der Waals surface area contributed by atoms with Crippen LogP contribution in [0.1, 0.15) is 58.6 Å². The van der Waals surface area contributed by atoms with E-state index in [1.807, 2.05) is 42.5 Å². The van der Waals surface area contributed by atoms with Gasteiger partial charge >= 0.3 is 0 Å². The van der Waals surface area contributed by atoms with E-state index in [1.165, 1.54) is 0 Å². The molecule has 2 rings (SSSR count). The summed E-state index contributed by atoms with van der Waals surface area (Å²) in [5.41, 5.74) is 2.04. The molecule has 0 aliphatic rings. The Kier molecular flexibility index (Phi) is 10.4. The summed E-state index contributed by atoms with van der Waals surface area (Å²) in [6.07, 6.45) is 1.88. The zero-order valence-electron chi connectivity index (χ0n) is 21.1. The summed E-state index contributed by atoms with van der Waals surface area (Å²) in [7, 11) is 1.60. The lowest BCUT2D eigenvalue weighted by molar-refractivity contribution is -0.142. The summed E-state index contributed by atoms with van der Waals surface area (Å²) in [4.78, 5) is 27.6. The molecule has 0 saturated carbocycles. The summed E-state index contributed by atoms with van der Waals surface area (Å²) < 4.78 is 12.0. The van der Waals surface area contributed by atoms with Crippen molar-refractivity contribution in [2.75, 3.05) is 20.3 Å². The van der Waals surface area contributed by atoms with Crippen LogP contribution in [0.5, 0.6) is 11.5 Å². The van der Waals surface area contributed by atoms with Gasteiger partial charge in [-0.1, -0.05) is 52.3 Å². The summed E-state index contributed by atoms with van der Waals surface area (Å²) >= 11 is 3.56. The number of amides is 2. The standard InChI is InChI=1S/C27H37BrN2O4/c1-7-8-14-29-26(32)19(2)30(17-20-10-9-11-22(15-20)33-6)25(31)18-34-24-13-12-21(16-23(24)28)27(3,4)5/h9-13,15-16,19H,7-8,14,17-18H2,1-6H3,(H,29,32)/t19-/m0/s1. The molecule has 0 saturated heterocycles. The van der Waals surface area contributed by atoms with Crippen molar-refractivity contribution in [2.45, 2.75) is 65.5 Å². The largest absolute Gasteiger partial charge is 0.497 e. The lowest BCUT2D eigenvalue weighted by atomic mass is 9.87. The molecule has 34 heavy (non-hydrogen) atoms. The SMILES string of the molecule is CCCCNC(=O)[C@H](C)N(Cc1cccc(OC)c1)C(=O)COc1ccc(C(C)(C)C)cc1Br. The van der Waals surface area contributed by atoms with Crippen molar-refractivity contribution in [2.24, 2.45) is 0 Å². The van der Waals surface area contributed by atoms with Gasteiger partial charge in [0.1, 0.15) is 17.5 Å². The van der Waals surface area contributed by atoms with Crippen LogP contribution in [0, 0.1) is 0 Å². The predicted octanol–water partition coefficient (Wildman–Crippen LogP) is 5.47. The van der Waals surface area contributed by atoms with Gasteiger partial charge in [-0.2, -0.15) is 0 Å². The van der Waals surface area contributed by atoms with E-state index >= 15 is 0 Å². The molecule has 7 heteroatoms. The number of hydrogen-bond donors (Lipinski definition) is 1. The van der Waals surface area contributed by atoms with Crippen LogP contribution < -0.4 is 14.8 Å². The van der Waals surface area contributed by atoms with E-state index in [4.69, 9.17) is 9.47 Å². The highest BCUT2D eigenvalue weighted by atomic mass is 79.9. The van der Waals surface area contributed by atoms with Gasteiger partial charge in [-0.25, -0.2) is 0 Å². The lowest BCUT2D eigenvalue weighted by Gasteiger charge is -2.29. The average Bonchev–Trinajstić information content (AvgIpc) is 2.80. The molecule has 1 N–H and O–H groups in total. The molecule has 0 aliphatic carbocycles. The Balaban J connectivity index is 2.18. The van der Waals surface area contributed by atoms with Crippen LogP contribution >= 0.6 is 15.9 Å². The second-order valence-electron chi connectivity index (χ2n) is 9.38. The highest BCUT2D eigenvalue weighted by Crippen LogP contribution is 2.31. The molecule has 1 atom stereocenters. The molecule has 0 radical (unpaired) electrons. The van der Waals surface area contributed by atoms with Gasteiger partial charge in [0.2, 0.25) is 5.91 Å². The van der Waals surface area contributed by atoms with Crippen LogP contribution in [-0.2, 0) is 21.5 Å². The Hall–Kier alpha value is -2.54. The fraction of sp³-hybridized carbons (Fsp3) is 0.481. The summed E-state index contributed by atoms with van der Waals surface area (Å²) in [6.45, 7) is 10.9. The number of rotatable bonds is 11. The molecule has 2 amide bonds. The smallest absolute Gasteiger partial charge is 0.261 e. The maximum Gasteiger partial charge on any atom is 0.261 e. The number of methoxy groups -OCH3 is 1. The van der Waals surface area contributed by atoms with Crippen molar-refractivity contribution in [1.82, 2.24) is 10.2 Å². The van der Waals surface area contributed by atoms with Crippen LogP contribution in [0.25, 0.3) is 0 Å². The van der Waals surface area contributed by atoms with Crippen LogP contribution in [0.2, 0.25) is 0 Å². The van der Waals surface area contributed by atoms with Crippen LogP contribution in [-0.4, -0.2) is 43.0 Å². The third-order valence-electron chi connectivity index (χ3n) is 5.63. The van der Waals surface area contributed by atoms with Crippen molar-refractivity contribution in [3.8, 4) is 11.5 Å². The fourth-order valence-electron chi connectivity index (χ4n) is 3.39. The number of halogens is 1. The number of unbranched alkanes of at least 4 members (excludes halogenated alkanes) is 1. The minimum Gasteiger partial charge on any atom is -0.497 e. The zero-order valence-corrected chi connectivity index (χ0v) is 22.7. The molecule has 6 nitrogen and oxygen atoms in total. The second kappa shape index (κ2) is 12.8. The van der Waals surface area contributed by atoms with Gasteiger partial charge in [-0.3, -0.25) is 9.59 Å². The van der Waals surface area contributed by atoms with Crippen LogP contribution in [0.3, 0.4) is 0 Å². The van der Waals surface area contributed by atoms with Crippen LogP contribution in [0.15, 0.2) is 46.9 Å². The fourth-order valence-corrected chi connectivity index (χ4v) is 3.89. The number of ether oxygens (including phenoxy) is 2. The minimum absolute atomic E-state index is 0.00494. The van der Waals surface area contributed by atoms with E-state index in [0.717, 1.165) is 28.4 Å². The topological polar surface area (TPSA) is 67.9 Å². The van der Waals surface area contributed by atoms with E-state index < -0.39 is 6.04 Å². The number of benzene rings is 2. The number of nitrogens with one attached hydrogen (secondary N) is 1. The number of nitrogens with zero attached hydrogens (tertiary/aromatic N) is 1. The van der Waals surface area contributed by atoms with Crippen LogP contribution in [0.4, 0.5) is 0 Å². The summed E-state index contributed by atoms with van der Waals surface area (Å²) in [5.74, 6) is 0.833. The van der Waals surface area contributed by atoms with E-state index in [1.54, 1.807) is 18.9 Å². The second-order valence-corrected chi connectivity index (χ2v) is 10.2. The van der Waals surface area contributed by atoms with E-state index in [2.05, 4.69) is 48.9 Å². The first-order valence-corrected chi connectivity index (χ1v) is 12.5. The lowest BCUT2D eigenvalue weighted by Crippen LogP contribution is -2.49. The van der Waals surface area contributed by atoms with Gasteiger partial charge in [-0.05, 0) is 70.1 Å². The highest BCUT2D eigenvalue weighted by Gasteiger charge is 2.27. The van der Waals surface area contributed by atoms with Crippen molar-refractivity contribution >= 4 is 27.7 Å². The Morgan fingerprint density at radius 3 is 2.50 bits per heavy atom. The van der Waals surface area contributed by atoms with E-state index in [-0.39, 0.29) is 30.4 Å². The quantitative estimate of drug-likeness (QED) is 0.389. The summed E-state index contributed by atoms with van der Waals surface area (Å²) in [6, 6.07) is 12.7. The molecule has 0 unspecified atom stereocenters. The maximum absolute atomic E-state index is 13.3. The van der Waals surface area contributed by atoms with Crippen molar-refractivity contribution in [1.29, 1.82) is 0 Å². The van der Waals surface area contributed by atoms with Gasteiger partial charge in [-0.15, -0.1) is 0 Å². The molecule has 0 aliphatic heterocycles. The van der Waals surface area contributed by atoms with Gasteiger partial charge in [0.25, 0.3) is 5.91 Å². The predicted molar refractivity (Wildman–Crippen MR) is 139 cm³/mol. The third kappa shape index (κ3) is 8.05. The monoisotopic (exact) mass is 532 g/mol. The van der Waals surface area contributed by atoms with E-state index in [9.17, 15) is 9.59 Å². The third-order valence-corrected chi connectivity index (χ3v) is 6.25. The zero-order chi connectivity index (χ0) is 25.3. The first kappa shape index (κ1) is 27.7. The van der Waals surface area contributed by atoms with Crippen molar-refractivity contribution in [3.63, 3.8) is 0 Å². The van der Waals surface area contributed by atoms with E-state index in [0.29, 0.717) is 18.0 Å². The molecule has 0 heterocycles. The molecular weight excluding hydrogens is 496 g/mol. The molecule has 2 aromatic rings. The molecular formula is C27H37BrN2O4. The number of carbonyl (C=O) groups is 2. The van der Waals surface area contributed by atoms with Gasteiger partial charge in [0.05, 0.1) is 11.6 Å². The molecule has 0 spiro atoms. The number of hydrogen-bond acceptors (Lipinski definition) is 4. The Bertz CT molecular complexity index is 971. The number of carbonyl (C=O) groups excluding carboxylic acids is 2. The Labute approximate surface area is 212 Å². The van der Waals surface area contributed by atoms with Gasteiger partial charge in [0, 0.05) is 13.1 Å². The van der Waals surface area contributed by atoms with Gasteiger partial charge in [0.15, 0.2) is 6.61 Å². The molecule has 186 valence electrons. The maximum atomic E-state index is 13.3. The normalized spacial score (nSPS) is 12.1. The molecule has 0 fully saturated rings. The highest BCUT2D eigenvalue weighted by molar-refractivity contribution is 9.10. The first-order chi connectivity index (χ1) is 16.1. The molecule has 2 aromatic carbocycles. The van der Waals surface area contributed by atoms with Crippen molar-refractivity contribution in [3.05, 3.63) is 58.1 Å². The van der Waals surface area contributed by atoms with Crippen molar-refractivity contribution < 1.29 is 19.1 Å². The minimum atomic E-state index is -0.647. The molecule has 0 aromatic heterocycles. The first-order valence-electron chi connectivity index (χ1n) is 11.7. The molecule has 0 bridgehead atoms. The Morgan fingerprint density at radius 2 is 1.88 bits per heavy atom.